The average molecular weight is 332 g/mol. The number of hydrogen-bond acceptors (Lipinski definition) is 1. The molecule has 0 saturated heterocycles. The van der Waals surface area contributed by atoms with Gasteiger partial charge in [-0.15, -0.1) is 0 Å². The van der Waals surface area contributed by atoms with E-state index in [4.69, 9.17) is 23.2 Å². The number of benzene rings is 2. The Balaban J connectivity index is 2.40. The van der Waals surface area contributed by atoms with E-state index in [1.165, 1.54) is 0 Å². The first-order valence-corrected chi connectivity index (χ1v) is 6.52. The van der Waals surface area contributed by atoms with E-state index in [-0.39, 0.29) is 0 Å². The SMILES string of the molecule is O[C@H](c1ccc(Cl)c(Cl)c1)c1ccccc1Br. The Labute approximate surface area is 118 Å². The molecule has 17 heavy (non-hydrogen) atoms. The molecule has 4 heteroatoms. The summed E-state index contributed by atoms with van der Waals surface area (Å²) in [5, 5.41) is 11.2. The smallest absolute Gasteiger partial charge is 0.105 e. The normalized spacial score (nSPS) is 12.5. The molecule has 0 amide bonds. The van der Waals surface area contributed by atoms with E-state index in [9.17, 15) is 5.11 Å². The first kappa shape index (κ1) is 12.9. The highest BCUT2D eigenvalue weighted by molar-refractivity contribution is 9.10. The molecule has 2 aromatic rings. The van der Waals surface area contributed by atoms with Crippen LogP contribution in [0.2, 0.25) is 10.0 Å². The van der Waals surface area contributed by atoms with E-state index in [0.717, 1.165) is 10.0 Å². The third-order valence-electron chi connectivity index (χ3n) is 2.46. The molecule has 2 aromatic carbocycles. The molecule has 88 valence electrons. The van der Waals surface area contributed by atoms with Gasteiger partial charge in [0.15, 0.2) is 0 Å². The molecule has 0 spiro atoms. The first-order valence-electron chi connectivity index (χ1n) is 4.97. The van der Waals surface area contributed by atoms with Crippen molar-refractivity contribution in [2.75, 3.05) is 0 Å². The number of rotatable bonds is 2. The van der Waals surface area contributed by atoms with Gasteiger partial charge in [-0.25, -0.2) is 0 Å². The van der Waals surface area contributed by atoms with Gasteiger partial charge >= 0.3 is 0 Å². The van der Waals surface area contributed by atoms with Crippen LogP contribution >= 0.6 is 39.1 Å². The maximum absolute atomic E-state index is 10.3. The summed E-state index contributed by atoms with van der Waals surface area (Å²) in [6.45, 7) is 0. The fourth-order valence-electron chi connectivity index (χ4n) is 1.56. The molecule has 0 saturated carbocycles. The third-order valence-corrected chi connectivity index (χ3v) is 3.92. The Morgan fingerprint density at radius 3 is 2.35 bits per heavy atom. The molecule has 0 radical (unpaired) electrons. The van der Waals surface area contributed by atoms with Crippen LogP contribution in [0.1, 0.15) is 17.2 Å². The molecule has 1 atom stereocenters. The second-order valence-electron chi connectivity index (χ2n) is 3.60. The minimum atomic E-state index is -0.722. The molecule has 0 bridgehead atoms. The molecule has 1 nitrogen and oxygen atoms in total. The molecule has 0 aliphatic rings. The Bertz CT molecular complexity index is 543. The summed E-state index contributed by atoms with van der Waals surface area (Å²) in [5.74, 6) is 0. The van der Waals surface area contributed by atoms with Gasteiger partial charge in [-0.05, 0) is 29.3 Å². The maximum atomic E-state index is 10.3. The lowest BCUT2D eigenvalue weighted by atomic mass is 10.0. The highest BCUT2D eigenvalue weighted by Gasteiger charge is 2.14. The number of halogens is 3. The molecule has 2 rings (SSSR count). The van der Waals surface area contributed by atoms with Gasteiger partial charge in [0.1, 0.15) is 6.10 Å². The molecule has 0 aliphatic carbocycles. The summed E-state index contributed by atoms with van der Waals surface area (Å²) in [7, 11) is 0. The van der Waals surface area contributed by atoms with Crippen molar-refractivity contribution < 1.29 is 5.11 Å². The second kappa shape index (κ2) is 5.40. The van der Waals surface area contributed by atoms with Crippen LogP contribution in [0.4, 0.5) is 0 Å². The van der Waals surface area contributed by atoms with Crippen LogP contribution < -0.4 is 0 Å². The van der Waals surface area contributed by atoms with Crippen LogP contribution in [0.15, 0.2) is 46.9 Å². The topological polar surface area (TPSA) is 20.2 Å². The summed E-state index contributed by atoms with van der Waals surface area (Å²) in [6.07, 6.45) is -0.722. The number of aliphatic hydroxyl groups excluding tert-OH is 1. The zero-order valence-electron chi connectivity index (χ0n) is 8.70. The molecule has 0 aromatic heterocycles. The largest absolute Gasteiger partial charge is 0.384 e. The van der Waals surface area contributed by atoms with Gasteiger partial charge in [0.05, 0.1) is 10.0 Å². The summed E-state index contributed by atoms with van der Waals surface area (Å²) in [5.41, 5.74) is 1.51. The summed E-state index contributed by atoms with van der Waals surface area (Å²) in [4.78, 5) is 0. The van der Waals surface area contributed by atoms with Crippen LogP contribution in [0, 0.1) is 0 Å². The van der Waals surface area contributed by atoms with Crippen LogP contribution in [0.5, 0.6) is 0 Å². The Morgan fingerprint density at radius 2 is 1.71 bits per heavy atom. The zero-order valence-corrected chi connectivity index (χ0v) is 11.8. The number of aliphatic hydroxyl groups is 1. The van der Waals surface area contributed by atoms with Crippen molar-refractivity contribution in [3.63, 3.8) is 0 Å². The predicted molar refractivity (Wildman–Crippen MR) is 74.7 cm³/mol. The molecular weight excluding hydrogens is 323 g/mol. The van der Waals surface area contributed by atoms with Crippen LogP contribution in [0.3, 0.4) is 0 Å². The molecule has 0 unspecified atom stereocenters. The van der Waals surface area contributed by atoms with Gasteiger partial charge in [0, 0.05) is 4.47 Å². The lowest BCUT2D eigenvalue weighted by molar-refractivity contribution is 0.219. The van der Waals surface area contributed by atoms with Gasteiger partial charge < -0.3 is 5.11 Å². The second-order valence-corrected chi connectivity index (χ2v) is 5.27. The summed E-state index contributed by atoms with van der Waals surface area (Å²) < 4.78 is 0.860. The van der Waals surface area contributed by atoms with Crippen molar-refractivity contribution in [3.8, 4) is 0 Å². The van der Waals surface area contributed by atoms with E-state index in [2.05, 4.69) is 15.9 Å². The van der Waals surface area contributed by atoms with Gasteiger partial charge in [-0.1, -0.05) is 63.4 Å². The van der Waals surface area contributed by atoms with Crippen LogP contribution in [0.25, 0.3) is 0 Å². The van der Waals surface area contributed by atoms with Gasteiger partial charge in [-0.2, -0.15) is 0 Å². The fourth-order valence-corrected chi connectivity index (χ4v) is 2.37. The van der Waals surface area contributed by atoms with E-state index < -0.39 is 6.10 Å². The molecule has 0 aliphatic heterocycles. The standard InChI is InChI=1S/C13H9BrCl2O/c14-10-4-2-1-3-9(10)13(17)8-5-6-11(15)12(16)7-8/h1-7,13,17H/t13-/m1/s1. The van der Waals surface area contributed by atoms with Gasteiger partial charge in [-0.3, -0.25) is 0 Å². The van der Waals surface area contributed by atoms with Crippen molar-refractivity contribution in [2.24, 2.45) is 0 Å². The highest BCUT2D eigenvalue weighted by Crippen LogP contribution is 2.31. The van der Waals surface area contributed by atoms with Crippen molar-refractivity contribution in [3.05, 3.63) is 68.1 Å². The Kier molecular flexibility index (Phi) is 4.10. The van der Waals surface area contributed by atoms with Gasteiger partial charge in [0.25, 0.3) is 0 Å². The Hall–Kier alpha value is -0.540. The zero-order chi connectivity index (χ0) is 12.4. The molecule has 0 heterocycles. The maximum Gasteiger partial charge on any atom is 0.105 e. The van der Waals surface area contributed by atoms with Crippen molar-refractivity contribution in [1.82, 2.24) is 0 Å². The highest BCUT2D eigenvalue weighted by atomic mass is 79.9. The minimum Gasteiger partial charge on any atom is -0.384 e. The monoisotopic (exact) mass is 330 g/mol. The van der Waals surface area contributed by atoms with E-state index in [1.807, 2.05) is 24.3 Å². The number of hydrogen-bond donors (Lipinski definition) is 1. The van der Waals surface area contributed by atoms with Crippen LogP contribution in [-0.2, 0) is 0 Å². The third kappa shape index (κ3) is 2.83. The van der Waals surface area contributed by atoms with E-state index in [0.29, 0.717) is 15.6 Å². The van der Waals surface area contributed by atoms with E-state index in [1.54, 1.807) is 18.2 Å². The quantitative estimate of drug-likeness (QED) is 0.835. The van der Waals surface area contributed by atoms with Crippen LogP contribution in [-0.4, -0.2) is 5.11 Å². The molecule has 1 N–H and O–H groups in total. The van der Waals surface area contributed by atoms with Gasteiger partial charge in [0.2, 0.25) is 0 Å². The minimum absolute atomic E-state index is 0.440. The lowest BCUT2D eigenvalue weighted by Crippen LogP contribution is -2.00. The first-order chi connectivity index (χ1) is 8.09. The summed E-state index contributed by atoms with van der Waals surface area (Å²) in [6, 6.07) is 12.6. The lowest BCUT2D eigenvalue weighted by Gasteiger charge is -2.13. The predicted octanol–water partition coefficient (Wildman–Crippen LogP) is 4.84. The van der Waals surface area contributed by atoms with Crippen molar-refractivity contribution in [2.45, 2.75) is 6.10 Å². The molecular formula is C13H9BrCl2O. The fraction of sp³-hybridized carbons (Fsp3) is 0.0769. The van der Waals surface area contributed by atoms with Crippen molar-refractivity contribution >= 4 is 39.1 Å². The molecule has 0 fully saturated rings. The van der Waals surface area contributed by atoms with Crippen molar-refractivity contribution in [1.29, 1.82) is 0 Å². The average Bonchev–Trinajstić information content (AvgIpc) is 2.32. The van der Waals surface area contributed by atoms with E-state index >= 15 is 0 Å². The summed E-state index contributed by atoms with van der Waals surface area (Å²) >= 11 is 15.2. The Morgan fingerprint density at radius 1 is 1.00 bits per heavy atom.